The predicted molar refractivity (Wildman–Crippen MR) is 65.6 cm³/mol. The summed E-state index contributed by atoms with van der Waals surface area (Å²) in [6, 6.07) is 7.38. The highest BCUT2D eigenvalue weighted by Crippen LogP contribution is 2.19. The summed E-state index contributed by atoms with van der Waals surface area (Å²) in [5.74, 6) is 0.409. The number of H-pyrrole nitrogens is 1. The summed E-state index contributed by atoms with van der Waals surface area (Å²) in [6.45, 7) is 0. The molecule has 0 saturated heterocycles. The SMILES string of the molecule is O=C(CSc1ncn[nH]1)c1ccccc1Br. The van der Waals surface area contributed by atoms with E-state index in [0.29, 0.717) is 16.5 Å². The van der Waals surface area contributed by atoms with Crippen molar-refractivity contribution in [1.29, 1.82) is 0 Å². The molecule has 4 nitrogen and oxygen atoms in total. The van der Waals surface area contributed by atoms with Gasteiger partial charge in [-0.3, -0.25) is 9.89 Å². The van der Waals surface area contributed by atoms with Crippen molar-refractivity contribution in [3.05, 3.63) is 40.6 Å². The summed E-state index contributed by atoms with van der Waals surface area (Å²) in [4.78, 5) is 15.8. The molecule has 0 unspecified atom stereocenters. The third-order valence-corrected chi connectivity index (χ3v) is 3.48. The molecule has 82 valence electrons. The third-order valence-electron chi connectivity index (χ3n) is 1.91. The minimum atomic E-state index is 0.0638. The first kappa shape index (κ1) is 11.3. The Kier molecular flexibility index (Phi) is 3.74. The number of hydrogen-bond acceptors (Lipinski definition) is 4. The van der Waals surface area contributed by atoms with Gasteiger partial charge in [0.05, 0.1) is 5.75 Å². The van der Waals surface area contributed by atoms with Crippen molar-refractivity contribution < 1.29 is 4.79 Å². The van der Waals surface area contributed by atoms with Crippen LogP contribution in [-0.4, -0.2) is 26.7 Å². The molecular formula is C10H8BrN3OS. The number of carbonyl (C=O) groups is 1. The highest BCUT2D eigenvalue weighted by molar-refractivity contribution is 9.10. The van der Waals surface area contributed by atoms with Crippen LogP contribution in [0.15, 0.2) is 40.2 Å². The van der Waals surface area contributed by atoms with Gasteiger partial charge in [-0.25, -0.2) is 4.98 Å². The van der Waals surface area contributed by atoms with E-state index in [4.69, 9.17) is 0 Å². The average Bonchev–Trinajstić information content (AvgIpc) is 2.79. The number of nitrogens with one attached hydrogen (secondary N) is 1. The maximum absolute atomic E-state index is 11.8. The molecule has 1 aromatic heterocycles. The Morgan fingerprint density at radius 2 is 2.25 bits per heavy atom. The molecule has 1 heterocycles. The molecule has 6 heteroatoms. The van der Waals surface area contributed by atoms with Gasteiger partial charge in [-0.15, -0.1) is 0 Å². The number of ketones is 1. The molecule has 16 heavy (non-hydrogen) atoms. The molecule has 1 N–H and O–H groups in total. The lowest BCUT2D eigenvalue weighted by Gasteiger charge is -2.01. The van der Waals surface area contributed by atoms with Crippen LogP contribution in [0.3, 0.4) is 0 Å². The molecule has 0 saturated carbocycles. The summed E-state index contributed by atoms with van der Waals surface area (Å²) in [7, 11) is 0. The monoisotopic (exact) mass is 297 g/mol. The number of Topliss-reactive ketones (excluding diaryl/α,β-unsaturated/α-hetero) is 1. The van der Waals surface area contributed by atoms with Crippen molar-refractivity contribution in [2.45, 2.75) is 5.16 Å². The topological polar surface area (TPSA) is 58.6 Å². The number of carbonyl (C=O) groups excluding carboxylic acids is 1. The summed E-state index contributed by atoms with van der Waals surface area (Å²) in [6.07, 6.45) is 1.42. The van der Waals surface area contributed by atoms with Gasteiger partial charge in [0.1, 0.15) is 6.33 Å². The zero-order chi connectivity index (χ0) is 11.4. The van der Waals surface area contributed by atoms with Gasteiger partial charge in [0.15, 0.2) is 10.9 Å². The largest absolute Gasteiger partial charge is 0.293 e. The Morgan fingerprint density at radius 1 is 1.44 bits per heavy atom. The minimum absolute atomic E-state index is 0.0638. The Hall–Kier alpha value is -1.14. The second-order valence-electron chi connectivity index (χ2n) is 2.98. The van der Waals surface area contributed by atoms with Crippen LogP contribution in [0.4, 0.5) is 0 Å². The molecule has 0 amide bonds. The third kappa shape index (κ3) is 2.70. The van der Waals surface area contributed by atoms with E-state index in [1.807, 2.05) is 18.2 Å². The molecule has 0 radical (unpaired) electrons. The fourth-order valence-electron chi connectivity index (χ4n) is 1.16. The van der Waals surface area contributed by atoms with Crippen LogP contribution < -0.4 is 0 Å². The molecular weight excluding hydrogens is 290 g/mol. The summed E-state index contributed by atoms with van der Waals surface area (Å²) in [5, 5.41) is 7.06. The van der Waals surface area contributed by atoms with Crippen LogP contribution in [0.5, 0.6) is 0 Å². The van der Waals surface area contributed by atoms with E-state index in [9.17, 15) is 4.79 Å². The standard InChI is InChI=1S/C10H8BrN3OS/c11-8-4-2-1-3-7(8)9(15)5-16-10-12-6-13-14-10/h1-4,6H,5H2,(H,12,13,14). The van der Waals surface area contributed by atoms with Crippen molar-refractivity contribution in [3.8, 4) is 0 Å². The second-order valence-corrected chi connectivity index (χ2v) is 4.80. The fraction of sp³-hybridized carbons (Fsp3) is 0.100. The predicted octanol–water partition coefficient (Wildman–Crippen LogP) is 2.54. The van der Waals surface area contributed by atoms with Gasteiger partial charge in [0.25, 0.3) is 0 Å². The number of nitrogens with zero attached hydrogens (tertiary/aromatic N) is 2. The number of halogens is 1. The van der Waals surface area contributed by atoms with E-state index >= 15 is 0 Å². The van der Waals surface area contributed by atoms with Gasteiger partial charge in [0.2, 0.25) is 0 Å². The van der Waals surface area contributed by atoms with E-state index < -0.39 is 0 Å². The minimum Gasteiger partial charge on any atom is -0.293 e. The van der Waals surface area contributed by atoms with Crippen molar-refractivity contribution in [1.82, 2.24) is 15.2 Å². The van der Waals surface area contributed by atoms with Crippen molar-refractivity contribution in [2.75, 3.05) is 5.75 Å². The maximum Gasteiger partial charge on any atom is 0.183 e. The van der Waals surface area contributed by atoms with Gasteiger partial charge in [0, 0.05) is 10.0 Å². The molecule has 0 atom stereocenters. The van der Waals surface area contributed by atoms with Gasteiger partial charge in [-0.1, -0.05) is 45.9 Å². The zero-order valence-corrected chi connectivity index (χ0v) is 10.6. The average molecular weight is 298 g/mol. The van der Waals surface area contributed by atoms with Crippen LogP contribution in [0, 0.1) is 0 Å². The van der Waals surface area contributed by atoms with Gasteiger partial charge >= 0.3 is 0 Å². The lowest BCUT2D eigenvalue weighted by molar-refractivity contribution is 0.102. The lowest BCUT2D eigenvalue weighted by Crippen LogP contribution is -2.03. The van der Waals surface area contributed by atoms with Crippen LogP contribution >= 0.6 is 27.7 Å². The first-order chi connectivity index (χ1) is 7.77. The Morgan fingerprint density at radius 3 is 2.94 bits per heavy atom. The number of benzene rings is 1. The van der Waals surface area contributed by atoms with E-state index in [2.05, 4.69) is 31.1 Å². The summed E-state index contributed by atoms with van der Waals surface area (Å²) >= 11 is 4.69. The molecule has 0 aliphatic rings. The molecule has 0 spiro atoms. The van der Waals surface area contributed by atoms with Crippen LogP contribution in [0.2, 0.25) is 0 Å². The van der Waals surface area contributed by atoms with Gasteiger partial charge in [-0.05, 0) is 6.07 Å². The summed E-state index contributed by atoms with van der Waals surface area (Å²) < 4.78 is 0.818. The zero-order valence-electron chi connectivity index (χ0n) is 8.18. The van der Waals surface area contributed by atoms with E-state index in [1.165, 1.54) is 18.1 Å². The molecule has 0 aliphatic heterocycles. The van der Waals surface area contributed by atoms with Crippen LogP contribution in [0.1, 0.15) is 10.4 Å². The van der Waals surface area contributed by atoms with Gasteiger partial charge < -0.3 is 0 Å². The van der Waals surface area contributed by atoms with Crippen molar-refractivity contribution in [2.24, 2.45) is 0 Å². The van der Waals surface area contributed by atoms with Gasteiger partial charge in [-0.2, -0.15) is 5.10 Å². The summed E-state index contributed by atoms with van der Waals surface area (Å²) in [5.41, 5.74) is 0.689. The molecule has 2 rings (SSSR count). The fourth-order valence-corrected chi connectivity index (χ4v) is 2.33. The Labute approximate surface area is 105 Å². The Bertz CT molecular complexity index is 487. The smallest absolute Gasteiger partial charge is 0.183 e. The van der Waals surface area contributed by atoms with E-state index in [0.717, 1.165) is 4.47 Å². The van der Waals surface area contributed by atoms with E-state index in [-0.39, 0.29) is 5.78 Å². The molecule has 0 bridgehead atoms. The second kappa shape index (κ2) is 5.27. The maximum atomic E-state index is 11.8. The normalized spacial score (nSPS) is 10.3. The Balaban J connectivity index is 2.01. The first-order valence-corrected chi connectivity index (χ1v) is 6.31. The highest BCUT2D eigenvalue weighted by Gasteiger charge is 2.10. The number of thioether (sulfide) groups is 1. The molecule has 1 aromatic carbocycles. The number of aromatic nitrogens is 3. The highest BCUT2D eigenvalue weighted by atomic mass is 79.9. The number of rotatable bonds is 4. The lowest BCUT2D eigenvalue weighted by atomic mass is 10.1. The quantitative estimate of drug-likeness (QED) is 0.696. The van der Waals surface area contributed by atoms with Crippen molar-refractivity contribution in [3.63, 3.8) is 0 Å². The first-order valence-electron chi connectivity index (χ1n) is 4.53. The van der Waals surface area contributed by atoms with Crippen LogP contribution in [0.25, 0.3) is 0 Å². The number of aromatic amines is 1. The molecule has 2 aromatic rings. The van der Waals surface area contributed by atoms with Crippen molar-refractivity contribution >= 4 is 33.5 Å². The molecule has 0 fully saturated rings. The van der Waals surface area contributed by atoms with E-state index in [1.54, 1.807) is 6.07 Å². The molecule has 0 aliphatic carbocycles. The van der Waals surface area contributed by atoms with Crippen LogP contribution in [-0.2, 0) is 0 Å². The number of hydrogen-bond donors (Lipinski definition) is 1.